The van der Waals surface area contributed by atoms with E-state index in [-0.39, 0.29) is 5.41 Å². The fraction of sp³-hybridized carbons (Fsp3) is 0.400. The first-order valence-electron chi connectivity index (χ1n) is 6.57. The largest absolute Gasteiger partial charge is 0.382 e. The van der Waals surface area contributed by atoms with Gasteiger partial charge in [-0.25, -0.2) is 9.66 Å². The normalized spacial score (nSPS) is 11.8. The molecule has 0 amide bonds. The van der Waals surface area contributed by atoms with Crippen LogP contribution in [0.3, 0.4) is 0 Å². The van der Waals surface area contributed by atoms with Crippen molar-refractivity contribution >= 4 is 5.82 Å². The summed E-state index contributed by atoms with van der Waals surface area (Å²) in [6, 6.07) is 8.29. The lowest BCUT2D eigenvalue weighted by molar-refractivity contribution is 0.532. The molecule has 1 aromatic heterocycles. The SMILES string of the molecule is CCc1ccc(-c2nc(C(C)(C)C)n(N)c2N)cc1. The van der Waals surface area contributed by atoms with Gasteiger partial charge in [0.2, 0.25) is 0 Å². The van der Waals surface area contributed by atoms with Crippen molar-refractivity contribution in [3.63, 3.8) is 0 Å². The van der Waals surface area contributed by atoms with E-state index in [1.807, 2.05) is 12.1 Å². The molecule has 0 fully saturated rings. The van der Waals surface area contributed by atoms with Gasteiger partial charge < -0.3 is 11.6 Å². The van der Waals surface area contributed by atoms with Gasteiger partial charge in [0, 0.05) is 11.0 Å². The zero-order valence-corrected chi connectivity index (χ0v) is 12.1. The van der Waals surface area contributed by atoms with Crippen molar-refractivity contribution in [3.05, 3.63) is 35.7 Å². The van der Waals surface area contributed by atoms with Gasteiger partial charge in [-0.2, -0.15) is 0 Å². The summed E-state index contributed by atoms with van der Waals surface area (Å²) in [6.07, 6.45) is 1.02. The number of aryl methyl sites for hydroxylation is 1. The molecule has 1 aromatic carbocycles. The molecule has 0 unspecified atom stereocenters. The minimum absolute atomic E-state index is 0.134. The zero-order chi connectivity index (χ0) is 14.2. The number of benzene rings is 1. The first-order chi connectivity index (χ1) is 8.84. The van der Waals surface area contributed by atoms with Crippen LogP contribution in [0.2, 0.25) is 0 Å². The molecule has 0 saturated carbocycles. The maximum atomic E-state index is 6.08. The van der Waals surface area contributed by atoms with E-state index in [0.29, 0.717) is 5.82 Å². The molecule has 102 valence electrons. The zero-order valence-electron chi connectivity index (χ0n) is 12.1. The fourth-order valence-corrected chi connectivity index (χ4v) is 2.09. The molecule has 2 aromatic rings. The highest BCUT2D eigenvalue weighted by Gasteiger charge is 2.24. The Kier molecular flexibility index (Phi) is 3.27. The number of hydrogen-bond donors (Lipinski definition) is 2. The van der Waals surface area contributed by atoms with Gasteiger partial charge in [0.05, 0.1) is 0 Å². The minimum Gasteiger partial charge on any atom is -0.382 e. The Morgan fingerprint density at radius 1 is 1.16 bits per heavy atom. The summed E-state index contributed by atoms with van der Waals surface area (Å²) in [6.45, 7) is 8.35. The molecule has 19 heavy (non-hydrogen) atoms. The third kappa shape index (κ3) is 2.43. The van der Waals surface area contributed by atoms with Crippen LogP contribution in [0.15, 0.2) is 24.3 Å². The van der Waals surface area contributed by atoms with E-state index in [4.69, 9.17) is 11.6 Å². The number of imidazole rings is 1. The van der Waals surface area contributed by atoms with E-state index in [9.17, 15) is 0 Å². The average molecular weight is 258 g/mol. The van der Waals surface area contributed by atoms with Gasteiger partial charge in [0.25, 0.3) is 0 Å². The Labute approximate surface area is 114 Å². The topological polar surface area (TPSA) is 69.9 Å². The van der Waals surface area contributed by atoms with E-state index in [0.717, 1.165) is 23.5 Å². The lowest BCUT2D eigenvalue weighted by Gasteiger charge is -2.17. The monoisotopic (exact) mass is 258 g/mol. The predicted octanol–water partition coefficient (Wildman–Crippen LogP) is 2.71. The third-order valence-corrected chi connectivity index (χ3v) is 3.25. The van der Waals surface area contributed by atoms with Crippen molar-refractivity contribution < 1.29 is 0 Å². The summed E-state index contributed by atoms with van der Waals surface area (Å²) in [5.41, 5.74) is 9.00. The Hall–Kier alpha value is -1.97. The van der Waals surface area contributed by atoms with Gasteiger partial charge in [-0.05, 0) is 12.0 Å². The van der Waals surface area contributed by atoms with E-state index in [1.165, 1.54) is 10.2 Å². The molecule has 4 heteroatoms. The smallest absolute Gasteiger partial charge is 0.150 e. The number of rotatable bonds is 2. The van der Waals surface area contributed by atoms with Crippen molar-refractivity contribution in [2.75, 3.05) is 11.6 Å². The predicted molar refractivity (Wildman–Crippen MR) is 80.3 cm³/mol. The van der Waals surface area contributed by atoms with Crippen LogP contribution < -0.4 is 11.6 Å². The van der Waals surface area contributed by atoms with Crippen LogP contribution in [0, 0.1) is 0 Å². The van der Waals surface area contributed by atoms with Crippen molar-refractivity contribution in [1.82, 2.24) is 9.66 Å². The molecule has 0 aliphatic rings. The Morgan fingerprint density at radius 3 is 2.16 bits per heavy atom. The van der Waals surface area contributed by atoms with Gasteiger partial charge in [-0.1, -0.05) is 52.0 Å². The number of hydrogen-bond acceptors (Lipinski definition) is 3. The summed E-state index contributed by atoms with van der Waals surface area (Å²) in [7, 11) is 0. The van der Waals surface area contributed by atoms with Gasteiger partial charge in [0.1, 0.15) is 11.5 Å². The quantitative estimate of drug-likeness (QED) is 0.814. The van der Waals surface area contributed by atoms with E-state index >= 15 is 0 Å². The third-order valence-electron chi connectivity index (χ3n) is 3.25. The number of nitrogens with two attached hydrogens (primary N) is 2. The van der Waals surface area contributed by atoms with Crippen LogP contribution in [0.1, 0.15) is 39.1 Å². The van der Waals surface area contributed by atoms with Crippen molar-refractivity contribution in [2.24, 2.45) is 0 Å². The Bertz CT molecular complexity index is 573. The Balaban J connectivity index is 2.50. The molecule has 0 aliphatic carbocycles. The molecule has 2 rings (SSSR count). The molecular weight excluding hydrogens is 236 g/mol. The number of nitrogen functional groups attached to an aromatic ring is 2. The number of aromatic nitrogens is 2. The van der Waals surface area contributed by atoms with Gasteiger partial charge >= 0.3 is 0 Å². The first kappa shape index (κ1) is 13.5. The Morgan fingerprint density at radius 2 is 1.74 bits per heavy atom. The van der Waals surface area contributed by atoms with Crippen LogP contribution in [-0.4, -0.2) is 9.66 Å². The van der Waals surface area contributed by atoms with E-state index in [2.05, 4.69) is 44.8 Å². The first-order valence-corrected chi connectivity index (χ1v) is 6.57. The van der Waals surface area contributed by atoms with Crippen LogP contribution in [0.5, 0.6) is 0 Å². The summed E-state index contributed by atoms with van der Waals surface area (Å²) in [5.74, 6) is 7.31. The average Bonchev–Trinajstić information content (AvgIpc) is 2.66. The number of nitrogens with zero attached hydrogens (tertiary/aromatic N) is 2. The standard InChI is InChI=1S/C15H22N4/c1-5-10-6-8-11(9-7-10)12-13(16)19(17)14(18-12)15(2,3)4/h6-9H,5,16-17H2,1-4H3. The highest BCUT2D eigenvalue weighted by Crippen LogP contribution is 2.30. The van der Waals surface area contributed by atoms with Crippen LogP contribution in [0.25, 0.3) is 11.3 Å². The molecule has 4 N–H and O–H groups in total. The molecule has 4 nitrogen and oxygen atoms in total. The van der Waals surface area contributed by atoms with Crippen LogP contribution >= 0.6 is 0 Å². The second kappa shape index (κ2) is 4.61. The van der Waals surface area contributed by atoms with Crippen molar-refractivity contribution in [3.8, 4) is 11.3 Å². The van der Waals surface area contributed by atoms with Crippen molar-refractivity contribution in [1.29, 1.82) is 0 Å². The summed E-state index contributed by atoms with van der Waals surface area (Å²) >= 11 is 0. The summed E-state index contributed by atoms with van der Waals surface area (Å²) in [5, 5.41) is 0. The summed E-state index contributed by atoms with van der Waals surface area (Å²) < 4.78 is 1.49. The molecule has 0 saturated heterocycles. The molecule has 0 spiro atoms. The van der Waals surface area contributed by atoms with Crippen LogP contribution in [-0.2, 0) is 11.8 Å². The molecule has 0 aliphatic heterocycles. The minimum atomic E-state index is -0.134. The fourth-order valence-electron chi connectivity index (χ4n) is 2.09. The molecule has 0 bridgehead atoms. The molecular formula is C15H22N4. The molecule has 1 heterocycles. The lowest BCUT2D eigenvalue weighted by atomic mass is 9.96. The lowest BCUT2D eigenvalue weighted by Crippen LogP contribution is -2.24. The highest BCUT2D eigenvalue weighted by atomic mass is 15.4. The second-order valence-electron chi connectivity index (χ2n) is 5.84. The van der Waals surface area contributed by atoms with Crippen molar-refractivity contribution in [2.45, 2.75) is 39.5 Å². The maximum Gasteiger partial charge on any atom is 0.150 e. The highest BCUT2D eigenvalue weighted by molar-refractivity contribution is 5.71. The summed E-state index contributed by atoms with van der Waals surface area (Å²) in [4.78, 5) is 4.62. The van der Waals surface area contributed by atoms with Gasteiger partial charge in [0.15, 0.2) is 5.82 Å². The van der Waals surface area contributed by atoms with E-state index < -0.39 is 0 Å². The molecule has 0 radical (unpaired) electrons. The van der Waals surface area contributed by atoms with Gasteiger partial charge in [-0.3, -0.25) is 0 Å². The van der Waals surface area contributed by atoms with Gasteiger partial charge in [-0.15, -0.1) is 0 Å². The maximum absolute atomic E-state index is 6.08. The molecule has 0 atom stereocenters. The second-order valence-corrected chi connectivity index (χ2v) is 5.84. The number of anilines is 1. The van der Waals surface area contributed by atoms with E-state index in [1.54, 1.807) is 0 Å². The van der Waals surface area contributed by atoms with Crippen LogP contribution in [0.4, 0.5) is 5.82 Å².